The number of pyridine rings is 1. The number of hydrogen-bond donors (Lipinski definition) is 0. The first-order chi connectivity index (χ1) is 19.3. The molecule has 0 bridgehead atoms. The van der Waals surface area contributed by atoms with E-state index in [2.05, 4.69) is 124 Å². The average Bonchev–Trinajstić information content (AvgIpc) is 3.41. The molecule has 0 aliphatic carbocycles. The van der Waals surface area contributed by atoms with Gasteiger partial charge in [-0.2, -0.15) is 0 Å². The molecule has 194 valence electrons. The standard InChI is InChI=1S/C24H17N3.C11H8N.Ir/c1-25-20-12-7-13-21-24(20)27(16-26(21)19-10-3-2-4-11-19)23-15-18-9-6-5-8-17(18)14-22(23)25;1-2-6-10(7-3-1)11-8-4-5-9-12-11;/h2-14,16H,1H3;1-6,8-9H;/q-2;-1;+3. The van der Waals surface area contributed by atoms with Crippen molar-refractivity contribution in [2.24, 2.45) is 0 Å². The Balaban J connectivity index is 0.000000188. The Morgan fingerprint density at radius 1 is 0.700 bits per heavy atom. The first-order valence-corrected chi connectivity index (χ1v) is 13.0. The van der Waals surface area contributed by atoms with Crippen LogP contribution in [0.4, 0.5) is 34.1 Å². The number of benzene rings is 5. The third kappa shape index (κ3) is 4.54. The first kappa shape index (κ1) is 25.8. The zero-order valence-corrected chi connectivity index (χ0v) is 24.2. The van der Waals surface area contributed by atoms with Crippen molar-refractivity contribution >= 4 is 44.9 Å². The van der Waals surface area contributed by atoms with Gasteiger partial charge in [0.2, 0.25) is 0 Å². The predicted octanol–water partition coefficient (Wildman–Crippen LogP) is 8.68. The van der Waals surface area contributed by atoms with Crippen molar-refractivity contribution in [3.05, 3.63) is 146 Å². The second-order valence-corrected chi connectivity index (χ2v) is 9.48. The van der Waals surface area contributed by atoms with Crippen molar-refractivity contribution in [3.8, 4) is 11.3 Å². The summed E-state index contributed by atoms with van der Waals surface area (Å²) in [4.78, 5) is 11.0. The zero-order valence-electron chi connectivity index (χ0n) is 21.8. The predicted molar refractivity (Wildman–Crippen MR) is 161 cm³/mol. The Kier molecular flexibility index (Phi) is 7.08. The molecule has 0 radical (unpaired) electrons. The van der Waals surface area contributed by atoms with Crippen LogP contribution in [-0.4, -0.2) is 12.0 Å². The Morgan fingerprint density at radius 3 is 2.27 bits per heavy atom. The molecule has 0 N–H and O–H groups in total. The number of rotatable bonds is 2. The molecule has 3 heterocycles. The quantitative estimate of drug-likeness (QED) is 0.169. The van der Waals surface area contributed by atoms with Crippen LogP contribution < -0.4 is 14.7 Å². The van der Waals surface area contributed by atoms with E-state index in [1.54, 1.807) is 6.20 Å². The van der Waals surface area contributed by atoms with Crippen LogP contribution in [0.3, 0.4) is 0 Å². The Bertz CT molecular complexity index is 1720. The Hall–Kier alpha value is -4.44. The van der Waals surface area contributed by atoms with Crippen LogP contribution in [-0.2, 0) is 20.1 Å². The van der Waals surface area contributed by atoms with E-state index in [1.807, 2.05) is 42.5 Å². The summed E-state index contributed by atoms with van der Waals surface area (Å²) in [6.45, 7) is 2.18. The molecule has 0 fully saturated rings. The molecule has 5 heteroatoms. The van der Waals surface area contributed by atoms with Gasteiger partial charge in [0, 0.05) is 24.6 Å². The molecule has 2 aliphatic rings. The van der Waals surface area contributed by atoms with Gasteiger partial charge >= 0.3 is 20.1 Å². The summed E-state index contributed by atoms with van der Waals surface area (Å²) < 4.78 is 0. The monoisotopic (exact) mass is 694 g/mol. The third-order valence-corrected chi connectivity index (χ3v) is 7.12. The number of aromatic nitrogens is 1. The number of nitrogens with zero attached hydrogens (tertiary/aromatic N) is 4. The molecule has 2 aliphatic heterocycles. The largest absolute Gasteiger partial charge is 3.00 e. The maximum atomic E-state index is 4.22. The maximum Gasteiger partial charge on any atom is 3.00 e. The van der Waals surface area contributed by atoms with E-state index in [9.17, 15) is 0 Å². The fraction of sp³-hybridized carbons (Fsp3) is 0.0286. The van der Waals surface area contributed by atoms with Gasteiger partial charge in [0.05, 0.1) is 11.4 Å². The van der Waals surface area contributed by atoms with Gasteiger partial charge in [-0.25, -0.2) is 0 Å². The topological polar surface area (TPSA) is 22.6 Å². The van der Waals surface area contributed by atoms with Crippen LogP contribution in [0.5, 0.6) is 0 Å². The second-order valence-electron chi connectivity index (χ2n) is 9.48. The van der Waals surface area contributed by atoms with E-state index < -0.39 is 0 Å². The summed E-state index contributed by atoms with van der Waals surface area (Å²) in [7, 11) is 2.14. The van der Waals surface area contributed by atoms with Gasteiger partial charge in [-0.3, -0.25) is 0 Å². The summed E-state index contributed by atoms with van der Waals surface area (Å²) in [6, 6.07) is 48.1. The number of fused-ring (bicyclic) bond motifs is 3. The summed E-state index contributed by atoms with van der Waals surface area (Å²) in [5.41, 5.74) is 9.04. The molecule has 1 aromatic heterocycles. The number of anilines is 6. The van der Waals surface area contributed by atoms with Gasteiger partial charge in [0.15, 0.2) is 0 Å². The minimum atomic E-state index is 0. The smallest absolute Gasteiger partial charge is 0.485 e. The molecule has 0 amide bonds. The molecular formula is C35H25IrN4. The molecule has 0 atom stereocenters. The third-order valence-electron chi connectivity index (χ3n) is 7.12. The van der Waals surface area contributed by atoms with Crippen LogP contribution in [0, 0.1) is 18.8 Å². The van der Waals surface area contributed by atoms with E-state index in [-0.39, 0.29) is 20.1 Å². The van der Waals surface area contributed by atoms with Crippen molar-refractivity contribution in [1.82, 2.24) is 4.98 Å². The van der Waals surface area contributed by atoms with Crippen molar-refractivity contribution in [2.45, 2.75) is 0 Å². The summed E-state index contributed by atoms with van der Waals surface area (Å²) in [5.74, 6) is 0. The molecule has 40 heavy (non-hydrogen) atoms. The van der Waals surface area contributed by atoms with Crippen molar-refractivity contribution in [2.75, 3.05) is 21.7 Å². The Labute approximate surface area is 248 Å². The average molecular weight is 694 g/mol. The fourth-order valence-corrected chi connectivity index (χ4v) is 5.22. The van der Waals surface area contributed by atoms with Crippen molar-refractivity contribution in [1.29, 1.82) is 0 Å². The minimum Gasteiger partial charge on any atom is -0.485 e. The molecule has 6 aromatic rings. The molecule has 0 saturated carbocycles. The number of hydrogen-bond acceptors (Lipinski definition) is 4. The zero-order chi connectivity index (χ0) is 26.2. The molecule has 0 unspecified atom stereocenters. The molecule has 4 nitrogen and oxygen atoms in total. The van der Waals surface area contributed by atoms with Gasteiger partial charge in [-0.15, -0.1) is 77.6 Å². The summed E-state index contributed by atoms with van der Waals surface area (Å²) >= 11 is 0. The summed E-state index contributed by atoms with van der Waals surface area (Å²) in [6.07, 6.45) is 1.79. The van der Waals surface area contributed by atoms with Gasteiger partial charge in [0.25, 0.3) is 0 Å². The van der Waals surface area contributed by atoms with Gasteiger partial charge in [-0.1, -0.05) is 48.5 Å². The van der Waals surface area contributed by atoms with Crippen molar-refractivity contribution < 1.29 is 20.1 Å². The molecule has 8 rings (SSSR count). The molecule has 0 saturated heterocycles. The SMILES string of the molecule is CN1c2cc3ccccc3[c-]c2N2[CH-]N(c3ccccc3)c3cccc1c32.[Ir+3].[c-]1ccccc1-c1ccccn1. The van der Waals surface area contributed by atoms with Crippen LogP contribution in [0.25, 0.3) is 22.0 Å². The normalized spacial score (nSPS) is 12.7. The molecule has 0 spiro atoms. The van der Waals surface area contributed by atoms with Crippen LogP contribution in [0.1, 0.15) is 0 Å². The minimum absolute atomic E-state index is 0. The van der Waals surface area contributed by atoms with E-state index in [0.29, 0.717) is 0 Å². The first-order valence-electron chi connectivity index (χ1n) is 13.0. The van der Waals surface area contributed by atoms with E-state index in [0.717, 1.165) is 28.0 Å². The Morgan fingerprint density at radius 2 is 1.48 bits per heavy atom. The van der Waals surface area contributed by atoms with Crippen LogP contribution in [0.15, 0.2) is 128 Å². The summed E-state index contributed by atoms with van der Waals surface area (Å²) in [5, 5.41) is 2.35. The second kappa shape index (κ2) is 11.0. The van der Waals surface area contributed by atoms with Crippen molar-refractivity contribution in [3.63, 3.8) is 0 Å². The van der Waals surface area contributed by atoms with Gasteiger partial charge in [0.1, 0.15) is 0 Å². The maximum absolute atomic E-state index is 4.22. The van der Waals surface area contributed by atoms with E-state index in [4.69, 9.17) is 0 Å². The fourth-order valence-electron chi connectivity index (χ4n) is 5.22. The van der Waals surface area contributed by atoms with Crippen LogP contribution >= 0.6 is 0 Å². The molecule has 5 aromatic carbocycles. The number of para-hydroxylation sites is 2. The van der Waals surface area contributed by atoms with E-state index in [1.165, 1.54) is 28.1 Å². The van der Waals surface area contributed by atoms with Crippen LogP contribution in [0.2, 0.25) is 0 Å². The van der Waals surface area contributed by atoms with Gasteiger partial charge < -0.3 is 19.7 Å². The molecular weight excluding hydrogens is 669 g/mol. The van der Waals surface area contributed by atoms with Gasteiger partial charge in [-0.05, 0) is 47.4 Å². The van der Waals surface area contributed by atoms with E-state index >= 15 is 0 Å².